The summed E-state index contributed by atoms with van der Waals surface area (Å²) in [7, 11) is 1.87. The number of carbonyl (C=O) groups excluding carboxylic acids is 1. The molecule has 1 aromatic carbocycles. The second kappa shape index (κ2) is 4.69. The van der Waals surface area contributed by atoms with Gasteiger partial charge < -0.3 is 4.90 Å². The zero-order valence-corrected chi connectivity index (χ0v) is 10.8. The van der Waals surface area contributed by atoms with E-state index in [2.05, 4.69) is 19.1 Å². The topological polar surface area (TPSA) is 20.3 Å². The molecule has 0 saturated carbocycles. The number of hydrogen-bond donors (Lipinski definition) is 0. The van der Waals surface area contributed by atoms with Crippen molar-refractivity contribution < 1.29 is 4.79 Å². The van der Waals surface area contributed by atoms with E-state index in [1.54, 1.807) is 0 Å². The van der Waals surface area contributed by atoms with Crippen molar-refractivity contribution in [3.8, 4) is 0 Å². The summed E-state index contributed by atoms with van der Waals surface area (Å²) in [5, 5.41) is 0. The van der Waals surface area contributed by atoms with Gasteiger partial charge in [0.1, 0.15) is 0 Å². The Morgan fingerprint density at radius 3 is 2.12 bits per heavy atom. The second-order valence-corrected chi connectivity index (χ2v) is 5.25. The quantitative estimate of drug-likeness (QED) is 0.747. The third-order valence-electron chi connectivity index (χ3n) is 2.82. The largest absolute Gasteiger partial charge is 0.339 e. The molecule has 0 heterocycles. The predicted octanol–water partition coefficient (Wildman–Crippen LogP) is 3.25. The van der Waals surface area contributed by atoms with Crippen LogP contribution in [-0.2, 0) is 4.79 Å². The minimum absolute atomic E-state index is 0.118. The Labute approximate surface area is 98.3 Å². The molecule has 0 spiro atoms. The van der Waals surface area contributed by atoms with Gasteiger partial charge in [-0.2, -0.15) is 0 Å². The van der Waals surface area contributed by atoms with Crippen molar-refractivity contribution in [2.75, 3.05) is 7.05 Å². The van der Waals surface area contributed by atoms with Crippen molar-refractivity contribution in [3.63, 3.8) is 0 Å². The maximum Gasteiger partial charge on any atom is 0.228 e. The van der Waals surface area contributed by atoms with Crippen LogP contribution in [0.2, 0.25) is 0 Å². The summed E-state index contributed by atoms with van der Waals surface area (Å²) in [6, 6.07) is 10.2. The molecule has 1 rings (SSSR count). The fourth-order valence-electron chi connectivity index (χ4n) is 1.66. The molecular weight excluding hydrogens is 198 g/mol. The van der Waals surface area contributed by atoms with Crippen LogP contribution in [0.25, 0.3) is 0 Å². The Balaban J connectivity index is 2.83. The highest BCUT2D eigenvalue weighted by Crippen LogP contribution is 2.24. The number of amides is 1. The second-order valence-electron chi connectivity index (χ2n) is 5.25. The van der Waals surface area contributed by atoms with Crippen molar-refractivity contribution in [1.29, 1.82) is 0 Å². The molecule has 0 N–H and O–H groups in total. The maximum absolute atomic E-state index is 12.1. The molecule has 2 nitrogen and oxygen atoms in total. The molecule has 1 unspecified atom stereocenters. The lowest BCUT2D eigenvalue weighted by molar-refractivity contribution is -0.140. The van der Waals surface area contributed by atoms with Crippen LogP contribution < -0.4 is 0 Å². The van der Waals surface area contributed by atoms with Crippen LogP contribution in [0, 0.1) is 5.41 Å². The van der Waals surface area contributed by atoms with Gasteiger partial charge in [-0.25, -0.2) is 0 Å². The van der Waals surface area contributed by atoms with E-state index >= 15 is 0 Å². The summed E-state index contributed by atoms with van der Waals surface area (Å²) in [4.78, 5) is 13.9. The van der Waals surface area contributed by atoms with Gasteiger partial charge in [-0.15, -0.1) is 0 Å². The minimum atomic E-state index is -0.322. The summed E-state index contributed by atoms with van der Waals surface area (Å²) in [5.74, 6) is 0.170. The van der Waals surface area contributed by atoms with E-state index < -0.39 is 0 Å². The van der Waals surface area contributed by atoms with Crippen LogP contribution in [-0.4, -0.2) is 17.9 Å². The van der Waals surface area contributed by atoms with Gasteiger partial charge in [-0.05, 0) is 12.5 Å². The third kappa shape index (κ3) is 2.84. The highest BCUT2D eigenvalue weighted by molar-refractivity contribution is 5.81. The average Bonchev–Trinajstić information content (AvgIpc) is 2.26. The van der Waals surface area contributed by atoms with Crippen LogP contribution >= 0.6 is 0 Å². The molecule has 0 bridgehead atoms. The van der Waals surface area contributed by atoms with E-state index in [9.17, 15) is 4.79 Å². The molecule has 1 amide bonds. The van der Waals surface area contributed by atoms with Gasteiger partial charge >= 0.3 is 0 Å². The first-order valence-electron chi connectivity index (χ1n) is 5.66. The van der Waals surface area contributed by atoms with E-state index in [1.807, 2.05) is 50.9 Å². The first-order chi connectivity index (χ1) is 7.34. The van der Waals surface area contributed by atoms with E-state index in [1.165, 1.54) is 5.56 Å². The third-order valence-corrected chi connectivity index (χ3v) is 2.82. The van der Waals surface area contributed by atoms with Gasteiger partial charge in [-0.1, -0.05) is 51.1 Å². The van der Waals surface area contributed by atoms with Crippen LogP contribution in [0.3, 0.4) is 0 Å². The lowest BCUT2D eigenvalue weighted by Crippen LogP contribution is -2.38. The number of nitrogens with zero attached hydrogens (tertiary/aromatic N) is 1. The summed E-state index contributed by atoms with van der Waals surface area (Å²) < 4.78 is 0. The number of carbonyl (C=O) groups is 1. The molecule has 0 saturated heterocycles. The number of benzene rings is 1. The Bertz CT molecular complexity index is 351. The van der Waals surface area contributed by atoms with Gasteiger partial charge in [0.2, 0.25) is 5.91 Å². The van der Waals surface area contributed by atoms with Gasteiger partial charge in [-0.3, -0.25) is 4.79 Å². The van der Waals surface area contributed by atoms with Gasteiger partial charge in [0.25, 0.3) is 0 Å². The Morgan fingerprint density at radius 2 is 1.69 bits per heavy atom. The molecular formula is C14H21NO. The van der Waals surface area contributed by atoms with E-state index in [0.29, 0.717) is 0 Å². The van der Waals surface area contributed by atoms with Crippen molar-refractivity contribution in [3.05, 3.63) is 35.9 Å². The van der Waals surface area contributed by atoms with Crippen LogP contribution in [0.5, 0.6) is 0 Å². The highest BCUT2D eigenvalue weighted by Gasteiger charge is 2.27. The molecule has 1 aromatic rings. The van der Waals surface area contributed by atoms with Crippen LogP contribution in [0.1, 0.15) is 39.3 Å². The fraction of sp³-hybridized carbons (Fsp3) is 0.500. The minimum Gasteiger partial charge on any atom is -0.339 e. The van der Waals surface area contributed by atoms with E-state index in [0.717, 1.165) is 0 Å². The molecule has 0 aliphatic carbocycles. The highest BCUT2D eigenvalue weighted by atomic mass is 16.2. The van der Waals surface area contributed by atoms with E-state index in [4.69, 9.17) is 0 Å². The van der Waals surface area contributed by atoms with E-state index in [-0.39, 0.29) is 17.4 Å². The zero-order valence-electron chi connectivity index (χ0n) is 10.8. The number of hydrogen-bond acceptors (Lipinski definition) is 1. The molecule has 88 valence electrons. The Hall–Kier alpha value is -1.31. The fourth-order valence-corrected chi connectivity index (χ4v) is 1.66. The Morgan fingerprint density at radius 1 is 1.19 bits per heavy atom. The van der Waals surface area contributed by atoms with Crippen molar-refractivity contribution in [2.45, 2.75) is 33.7 Å². The predicted molar refractivity (Wildman–Crippen MR) is 67.1 cm³/mol. The molecule has 0 fully saturated rings. The maximum atomic E-state index is 12.1. The SMILES string of the molecule is CC(c1ccccc1)N(C)C(=O)C(C)(C)C. The first-order valence-corrected chi connectivity index (χ1v) is 5.66. The standard InChI is InChI=1S/C14H21NO/c1-11(12-9-7-6-8-10-12)15(5)13(16)14(2,3)4/h6-11H,1-5H3. The monoisotopic (exact) mass is 219 g/mol. The summed E-state index contributed by atoms with van der Waals surface area (Å²) in [5.41, 5.74) is 0.847. The molecule has 0 aromatic heterocycles. The van der Waals surface area contributed by atoms with Gasteiger partial charge in [0.05, 0.1) is 6.04 Å². The molecule has 0 radical (unpaired) electrons. The van der Waals surface area contributed by atoms with Crippen LogP contribution in [0.15, 0.2) is 30.3 Å². The summed E-state index contributed by atoms with van der Waals surface area (Å²) in [6.45, 7) is 7.90. The average molecular weight is 219 g/mol. The number of rotatable bonds is 2. The summed E-state index contributed by atoms with van der Waals surface area (Å²) in [6.07, 6.45) is 0. The van der Waals surface area contributed by atoms with Crippen molar-refractivity contribution in [2.24, 2.45) is 5.41 Å². The molecule has 16 heavy (non-hydrogen) atoms. The molecule has 0 aliphatic rings. The van der Waals surface area contributed by atoms with Gasteiger partial charge in [0.15, 0.2) is 0 Å². The molecule has 2 heteroatoms. The Kier molecular flexibility index (Phi) is 3.74. The summed E-state index contributed by atoms with van der Waals surface area (Å²) >= 11 is 0. The lowest BCUT2D eigenvalue weighted by Gasteiger charge is -2.31. The molecule has 0 aliphatic heterocycles. The van der Waals surface area contributed by atoms with Crippen molar-refractivity contribution >= 4 is 5.91 Å². The lowest BCUT2D eigenvalue weighted by atomic mass is 9.93. The van der Waals surface area contributed by atoms with Crippen LogP contribution in [0.4, 0.5) is 0 Å². The smallest absolute Gasteiger partial charge is 0.228 e. The normalized spacial score (nSPS) is 13.3. The first kappa shape index (κ1) is 12.8. The zero-order chi connectivity index (χ0) is 12.3. The van der Waals surface area contributed by atoms with Crippen molar-refractivity contribution in [1.82, 2.24) is 4.90 Å². The molecule has 1 atom stereocenters. The van der Waals surface area contributed by atoms with Gasteiger partial charge in [0, 0.05) is 12.5 Å².